The van der Waals surface area contributed by atoms with Gasteiger partial charge in [-0.3, -0.25) is 14.6 Å². The van der Waals surface area contributed by atoms with Crippen molar-refractivity contribution in [3.63, 3.8) is 0 Å². The molecule has 1 amide bonds. The Bertz CT molecular complexity index is 956. The van der Waals surface area contributed by atoms with E-state index in [1.807, 2.05) is 6.92 Å². The maximum absolute atomic E-state index is 12.4. The van der Waals surface area contributed by atoms with Crippen LogP contribution in [0.15, 0.2) is 30.6 Å². The van der Waals surface area contributed by atoms with Crippen LogP contribution in [0.4, 0.5) is 13.2 Å². The number of ether oxygens (including phenoxy) is 1. The van der Waals surface area contributed by atoms with E-state index in [-0.39, 0.29) is 36.0 Å². The zero-order chi connectivity index (χ0) is 21.9. The van der Waals surface area contributed by atoms with Gasteiger partial charge < -0.3 is 10.1 Å². The summed E-state index contributed by atoms with van der Waals surface area (Å²) in [4.78, 5) is 32.7. The molecular formula is C21H22F3N3O3. The molecule has 160 valence electrons. The molecule has 0 aliphatic heterocycles. The van der Waals surface area contributed by atoms with E-state index in [2.05, 4.69) is 20.0 Å². The Balaban J connectivity index is 1.57. The largest absolute Gasteiger partial charge is 0.468 e. The maximum atomic E-state index is 12.4. The summed E-state index contributed by atoms with van der Waals surface area (Å²) < 4.78 is 41.4. The highest BCUT2D eigenvalue weighted by atomic mass is 19.4. The van der Waals surface area contributed by atoms with Crippen LogP contribution in [0.3, 0.4) is 0 Å². The van der Waals surface area contributed by atoms with E-state index in [1.165, 1.54) is 12.4 Å². The van der Waals surface area contributed by atoms with Gasteiger partial charge in [-0.15, -0.1) is 0 Å². The van der Waals surface area contributed by atoms with Crippen LogP contribution in [0, 0.1) is 12.3 Å². The van der Waals surface area contributed by atoms with Gasteiger partial charge in [-0.05, 0) is 43.5 Å². The van der Waals surface area contributed by atoms with Gasteiger partial charge >= 0.3 is 6.18 Å². The number of pyridine rings is 2. The van der Waals surface area contributed by atoms with Crippen LogP contribution in [-0.4, -0.2) is 34.4 Å². The molecule has 1 saturated carbocycles. The minimum Gasteiger partial charge on any atom is -0.468 e. The molecule has 0 radical (unpaired) electrons. The summed E-state index contributed by atoms with van der Waals surface area (Å²) in [6.07, 6.45) is 0.376. The van der Waals surface area contributed by atoms with Crippen molar-refractivity contribution in [3.05, 3.63) is 53.0 Å². The molecule has 1 N–H and O–H groups in total. The van der Waals surface area contributed by atoms with E-state index in [0.717, 1.165) is 12.8 Å². The summed E-state index contributed by atoms with van der Waals surface area (Å²) in [6.45, 7) is 2.24. The number of rotatable bonds is 8. The molecule has 3 rings (SSSR count). The van der Waals surface area contributed by atoms with Gasteiger partial charge in [0.1, 0.15) is 5.78 Å². The molecule has 0 atom stereocenters. The number of amides is 1. The van der Waals surface area contributed by atoms with Crippen LogP contribution in [0.1, 0.15) is 46.9 Å². The number of hydrogen-bond donors (Lipinski definition) is 1. The number of nitrogens with one attached hydrogen (secondary N) is 1. The molecule has 0 unspecified atom stereocenters. The lowest BCUT2D eigenvalue weighted by molar-refractivity contribution is -0.154. The molecule has 2 heterocycles. The molecule has 2 aromatic heterocycles. The molecular weight excluding hydrogens is 399 g/mol. The van der Waals surface area contributed by atoms with Gasteiger partial charge in [0.05, 0.1) is 0 Å². The van der Waals surface area contributed by atoms with E-state index in [9.17, 15) is 22.8 Å². The lowest BCUT2D eigenvalue weighted by Gasteiger charge is -2.12. The number of aryl methyl sites for hydroxylation is 1. The molecule has 9 heteroatoms. The van der Waals surface area contributed by atoms with E-state index < -0.39 is 12.8 Å². The average molecular weight is 421 g/mol. The molecule has 30 heavy (non-hydrogen) atoms. The highest BCUT2D eigenvalue weighted by Crippen LogP contribution is 2.46. The number of Topliss-reactive ketones (excluding diaryl/α,β-unsaturated/α-hetero) is 1. The number of carbonyl (C=O) groups excluding carboxylic acids is 2. The molecule has 0 saturated heterocycles. The van der Waals surface area contributed by atoms with E-state index >= 15 is 0 Å². The average Bonchev–Trinajstić information content (AvgIpc) is 3.43. The molecule has 6 nitrogen and oxygen atoms in total. The SMILES string of the molecule is Cc1cc(CNC(=O)c2ccnc(CC(=O)C3(C)CC3)c2)cnc1OCC(F)(F)F. The molecule has 2 aromatic rings. The van der Waals surface area contributed by atoms with E-state index in [0.29, 0.717) is 22.4 Å². The smallest absolute Gasteiger partial charge is 0.422 e. The second kappa shape index (κ2) is 8.41. The fourth-order valence-electron chi connectivity index (χ4n) is 2.86. The molecule has 0 spiro atoms. The summed E-state index contributed by atoms with van der Waals surface area (Å²) in [5.41, 5.74) is 1.73. The fraction of sp³-hybridized carbons (Fsp3) is 0.429. The fourth-order valence-corrected chi connectivity index (χ4v) is 2.86. The van der Waals surface area contributed by atoms with Gasteiger partial charge in [-0.2, -0.15) is 13.2 Å². The zero-order valence-corrected chi connectivity index (χ0v) is 16.7. The Morgan fingerprint density at radius 1 is 1.23 bits per heavy atom. The first kappa shape index (κ1) is 21.7. The van der Waals surface area contributed by atoms with Crippen LogP contribution < -0.4 is 10.1 Å². The van der Waals surface area contributed by atoms with Crippen molar-refractivity contribution >= 4 is 11.7 Å². The maximum Gasteiger partial charge on any atom is 0.422 e. The van der Waals surface area contributed by atoms with Gasteiger partial charge in [0.15, 0.2) is 6.61 Å². The minimum atomic E-state index is -4.44. The van der Waals surface area contributed by atoms with Gasteiger partial charge in [-0.1, -0.05) is 6.92 Å². The third kappa shape index (κ3) is 5.77. The number of aromatic nitrogens is 2. The third-order valence-corrected chi connectivity index (χ3v) is 5.01. The highest BCUT2D eigenvalue weighted by molar-refractivity contribution is 5.94. The number of ketones is 1. The first-order valence-electron chi connectivity index (χ1n) is 9.47. The second-order valence-corrected chi connectivity index (χ2v) is 7.75. The zero-order valence-electron chi connectivity index (χ0n) is 16.7. The number of alkyl halides is 3. The van der Waals surface area contributed by atoms with Crippen molar-refractivity contribution in [3.8, 4) is 5.88 Å². The summed E-state index contributed by atoms with van der Waals surface area (Å²) in [7, 11) is 0. The lowest BCUT2D eigenvalue weighted by atomic mass is 9.99. The van der Waals surface area contributed by atoms with Crippen LogP contribution >= 0.6 is 0 Å². The molecule has 1 aliphatic carbocycles. The number of nitrogens with zero attached hydrogens (tertiary/aromatic N) is 2. The Morgan fingerprint density at radius 2 is 1.97 bits per heavy atom. The van der Waals surface area contributed by atoms with Crippen molar-refractivity contribution in [2.75, 3.05) is 6.61 Å². The Kier molecular flexibility index (Phi) is 6.09. The van der Waals surface area contributed by atoms with E-state index in [4.69, 9.17) is 0 Å². The van der Waals surface area contributed by atoms with Crippen LogP contribution in [0.5, 0.6) is 5.88 Å². The third-order valence-electron chi connectivity index (χ3n) is 5.01. The first-order valence-corrected chi connectivity index (χ1v) is 9.47. The minimum absolute atomic E-state index is 0.102. The number of halogens is 3. The second-order valence-electron chi connectivity index (χ2n) is 7.75. The molecule has 1 fully saturated rings. The Hall–Kier alpha value is -2.97. The van der Waals surface area contributed by atoms with Gasteiger partial charge in [0.2, 0.25) is 5.88 Å². The summed E-state index contributed by atoms with van der Waals surface area (Å²) in [5.74, 6) is -0.323. The van der Waals surface area contributed by atoms with Crippen LogP contribution in [-0.2, 0) is 17.8 Å². The monoisotopic (exact) mass is 421 g/mol. The van der Waals surface area contributed by atoms with Crippen molar-refractivity contribution in [2.45, 2.75) is 45.8 Å². The van der Waals surface area contributed by atoms with Crippen LogP contribution in [0.2, 0.25) is 0 Å². The summed E-state index contributed by atoms with van der Waals surface area (Å²) >= 11 is 0. The summed E-state index contributed by atoms with van der Waals surface area (Å²) in [5, 5.41) is 2.73. The van der Waals surface area contributed by atoms with Gasteiger partial charge in [0.25, 0.3) is 5.91 Å². The lowest BCUT2D eigenvalue weighted by Crippen LogP contribution is -2.24. The molecule has 1 aliphatic rings. The number of hydrogen-bond acceptors (Lipinski definition) is 5. The van der Waals surface area contributed by atoms with Gasteiger partial charge in [-0.25, -0.2) is 4.98 Å². The Morgan fingerprint density at radius 3 is 2.60 bits per heavy atom. The topological polar surface area (TPSA) is 81.2 Å². The predicted octanol–water partition coefficient (Wildman–Crippen LogP) is 3.57. The highest BCUT2D eigenvalue weighted by Gasteiger charge is 2.44. The summed E-state index contributed by atoms with van der Waals surface area (Å²) in [6, 6.07) is 4.75. The van der Waals surface area contributed by atoms with Crippen molar-refractivity contribution in [1.82, 2.24) is 15.3 Å². The van der Waals surface area contributed by atoms with Gasteiger partial charge in [0, 0.05) is 47.6 Å². The van der Waals surface area contributed by atoms with Crippen molar-refractivity contribution in [1.29, 1.82) is 0 Å². The number of carbonyl (C=O) groups is 2. The standard InChI is InChI=1S/C21H22F3N3O3/c1-13-7-14(11-27-19(13)30-12-21(22,23)24)10-26-18(29)15-3-6-25-16(8-15)9-17(28)20(2)4-5-20/h3,6-8,11H,4-5,9-10,12H2,1-2H3,(H,26,29). The quantitative estimate of drug-likeness (QED) is 0.705. The van der Waals surface area contributed by atoms with Crippen molar-refractivity contribution in [2.24, 2.45) is 5.41 Å². The Labute approximate surface area is 171 Å². The van der Waals surface area contributed by atoms with Crippen molar-refractivity contribution < 1.29 is 27.5 Å². The normalized spacial score (nSPS) is 14.8. The van der Waals surface area contributed by atoms with E-state index in [1.54, 1.807) is 25.1 Å². The predicted molar refractivity (Wildman–Crippen MR) is 102 cm³/mol. The molecule has 0 aromatic carbocycles. The van der Waals surface area contributed by atoms with Crippen LogP contribution in [0.25, 0.3) is 0 Å². The molecule has 0 bridgehead atoms. The first-order chi connectivity index (χ1) is 14.1.